The smallest absolute Gasteiger partial charge is 0.397 e. The van der Waals surface area contributed by atoms with Gasteiger partial charge >= 0.3 is 12.1 Å². The fourth-order valence-electron chi connectivity index (χ4n) is 5.08. The number of rotatable bonds is 5. The Bertz CT molecular complexity index is 646. The van der Waals surface area contributed by atoms with Gasteiger partial charge in [-0.2, -0.15) is 13.2 Å². The van der Waals surface area contributed by atoms with Crippen molar-refractivity contribution in [3.8, 4) is 0 Å². The molecule has 0 aromatic rings. The second kappa shape index (κ2) is 7.75. The molecule has 5 unspecified atom stereocenters. The summed E-state index contributed by atoms with van der Waals surface area (Å²) in [7, 11) is 0. The van der Waals surface area contributed by atoms with Crippen LogP contribution in [0.1, 0.15) is 60.3 Å². The van der Waals surface area contributed by atoms with E-state index in [9.17, 15) is 22.8 Å². The van der Waals surface area contributed by atoms with Gasteiger partial charge in [-0.05, 0) is 45.4 Å². The van der Waals surface area contributed by atoms with Crippen LogP contribution in [-0.2, 0) is 14.3 Å². The zero-order valence-electron chi connectivity index (χ0n) is 18.0. The molecule has 0 aromatic carbocycles. The van der Waals surface area contributed by atoms with Crippen molar-refractivity contribution in [2.45, 2.75) is 90.7 Å². The van der Waals surface area contributed by atoms with E-state index in [1.54, 1.807) is 20.8 Å². The average molecular weight is 419 g/mol. The number of hydrogen-bond acceptors (Lipinski definition) is 4. The van der Waals surface area contributed by atoms with Crippen LogP contribution in [-0.4, -0.2) is 65.2 Å². The normalized spacial score (nSPS) is 33.1. The zero-order valence-corrected chi connectivity index (χ0v) is 18.0. The number of esters is 1. The Morgan fingerprint density at radius 3 is 2.31 bits per heavy atom. The summed E-state index contributed by atoms with van der Waals surface area (Å²) in [6, 6.07) is -0.576. The molecule has 3 fully saturated rings. The molecule has 3 rings (SSSR count). The number of carbonyl (C=O) groups is 2. The Balaban J connectivity index is 1.91. The predicted molar refractivity (Wildman–Crippen MR) is 102 cm³/mol. The minimum absolute atomic E-state index is 0.0345. The quantitative estimate of drug-likeness (QED) is 0.640. The molecule has 0 radical (unpaired) electrons. The van der Waals surface area contributed by atoms with E-state index in [0.717, 1.165) is 25.8 Å². The van der Waals surface area contributed by atoms with Crippen LogP contribution in [0.25, 0.3) is 0 Å². The van der Waals surface area contributed by atoms with Crippen molar-refractivity contribution in [2.24, 2.45) is 17.3 Å². The summed E-state index contributed by atoms with van der Waals surface area (Å²) in [5, 5.41) is 0. The van der Waals surface area contributed by atoms with Crippen molar-refractivity contribution in [3.05, 3.63) is 0 Å². The molecule has 1 amide bonds. The maximum Gasteiger partial charge on any atom is 0.397 e. The highest BCUT2D eigenvalue weighted by Gasteiger charge is 2.61. The van der Waals surface area contributed by atoms with E-state index in [1.807, 2.05) is 0 Å². The Morgan fingerprint density at radius 1 is 1.14 bits per heavy atom. The molecule has 5 nitrogen and oxygen atoms in total. The first-order valence-electron chi connectivity index (χ1n) is 10.6. The van der Waals surface area contributed by atoms with Crippen molar-refractivity contribution in [1.82, 2.24) is 9.80 Å². The molecule has 8 heteroatoms. The third kappa shape index (κ3) is 4.57. The van der Waals surface area contributed by atoms with Crippen LogP contribution < -0.4 is 0 Å². The summed E-state index contributed by atoms with van der Waals surface area (Å²) >= 11 is 0. The standard InChI is InChI=1S/C21H33F3N2O3/c1-6-12(2)10-25-14-7-13-8-15(25)18(29-19(28)20(3,4)5)17(14)26(11-13)16(27)9-21(22,23)24/h12-15,17-18H,6-11H2,1-5H3/t12?,13?,14?,15?,17?,18-/m0/s1. The second-order valence-corrected chi connectivity index (χ2v) is 10.1. The molecule has 166 valence electrons. The molecule has 0 aromatic heterocycles. The number of halogens is 3. The fourth-order valence-corrected chi connectivity index (χ4v) is 5.08. The van der Waals surface area contributed by atoms with Gasteiger partial charge in [0.25, 0.3) is 0 Å². The monoisotopic (exact) mass is 418 g/mol. The van der Waals surface area contributed by atoms with Gasteiger partial charge < -0.3 is 9.64 Å². The van der Waals surface area contributed by atoms with E-state index in [1.165, 1.54) is 4.90 Å². The van der Waals surface area contributed by atoms with Crippen molar-refractivity contribution < 1.29 is 27.5 Å². The molecular formula is C21H33F3N2O3. The molecule has 0 saturated carbocycles. The highest BCUT2D eigenvalue weighted by Crippen LogP contribution is 2.48. The lowest BCUT2D eigenvalue weighted by Gasteiger charge is -2.47. The Morgan fingerprint density at radius 2 is 1.76 bits per heavy atom. The van der Waals surface area contributed by atoms with Crippen LogP contribution in [0.4, 0.5) is 13.2 Å². The highest BCUT2D eigenvalue weighted by molar-refractivity contribution is 5.78. The minimum atomic E-state index is -4.54. The topological polar surface area (TPSA) is 49.9 Å². The number of fused-ring (bicyclic) bond motifs is 2. The van der Waals surface area contributed by atoms with E-state index < -0.39 is 36.1 Å². The largest absolute Gasteiger partial charge is 0.458 e. The number of nitrogens with zero attached hydrogens (tertiary/aromatic N) is 2. The van der Waals surface area contributed by atoms with Crippen LogP contribution in [0.3, 0.4) is 0 Å². The molecular weight excluding hydrogens is 385 g/mol. The summed E-state index contributed by atoms with van der Waals surface area (Å²) in [6.45, 7) is 10.7. The summed E-state index contributed by atoms with van der Waals surface area (Å²) in [5.74, 6) is -0.691. The third-order valence-electron chi connectivity index (χ3n) is 6.67. The van der Waals surface area contributed by atoms with Gasteiger partial charge in [-0.15, -0.1) is 0 Å². The summed E-state index contributed by atoms with van der Waals surface area (Å²) in [4.78, 5) is 28.9. The Hall–Kier alpha value is -1.31. The first-order chi connectivity index (χ1) is 13.3. The Labute approximate surface area is 170 Å². The second-order valence-electron chi connectivity index (χ2n) is 10.1. The average Bonchev–Trinajstić information content (AvgIpc) is 2.71. The molecule has 29 heavy (non-hydrogen) atoms. The molecule has 6 atom stereocenters. The van der Waals surface area contributed by atoms with Gasteiger partial charge in [0.15, 0.2) is 0 Å². The number of piperidine rings is 2. The maximum absolute atomic E-state index is 12.9. The number of ether oxygens (including phenoxy) is 1. The summed E-state index contributed by atoms with van der Waals surface area (Å²) < 4.78 is 44.7. The SMILES string of the molecule is CCC(C)CN1C2CC3CC1[C@H](OC(=O)C(C)(C)C)C2N(C(=O)CC(F)(F)F)C3. The van der Waals surface area contributed by atoms with Crippen LogP contribution in [0.15, 0.2) is 0 Å². The van der Waals surface area contributed by atoms with Crippen LogP contribution >= 0.6 is 0 Å². The van der Waals surface area contributed by atoms with Gasteiger partial charge in [0, 0.05) is 25.2 Å². The maximum atomic E-state index is 12.9. The van der Waals surface area contributed by atoms with Crippen LogP contribution in [0.5, 0.6) is 0 Å². The molecule has 3 saturated heterocycles. The van der Waals surface area contributed by atoms with E-state index in [-0.39, 0.29) is 24.0 Å². The number of carbonyl (C=O) groups excluding carboxylic acids is 2. The lowest BCUT2D eigenvalue weighted by molar-refractivity contribution is -0.171. The van der Waals surface area contributed by atoms with Gasteiger partial charge in [0.1, 0.15) is 12.5 Å². The predicted octanol–water partition coefficient (Wildman–Crippen LogP) is 3.62. The van der Waals surface area contributed by atoms with Gasteiger partial charge in [0.2, 0.25) is 5.91 Å². The third-order valence-corrected chi connectivity index (χ3v) is 6.67. The van der Waals surface area contributed by atoms with Crippen molar-refractivity contribution in [1.29, 1.82) is 0 Å². The minimum Gasteiger partial charge on any atom is -0.458 e. The molecule has 3 aliphatic heterocycles. The van der Waals surface area contributed by atoms with Gasteiger partial charge in [-0.1, -0.05) is 20.3 Å². The number of alkyl halides is 3. The zero-order chi connectivity index (χ0) is 21.7. The van der Waals surface area contributed by atoms with Crippen molar-refractivity contribution >= 4 is 11.9 Å². The van der Waals surface area contributed by atoms with Crippen LogP contribution in [0, 0.1) is 17.3 Å². The summed E-state index contributed by atoms with van der Waals surface area (Å²) in [5.41, 5.74) is -0.711. The van der Waals surface area contributed by atoms with E-state index >= 15 is 0 Å². The van der Waals surface area contributed by atoms with Gasteiger partial charge in [0.05, 0.1) is 11.5 Å². The van der Waals surface area contributed by atoms with E-state index in [0.29, 0.717) is 12.5 Å². The van der Waals surface area contributed by atoms with E-state index in [2.05, 4.69) is 18.7 Å². The van der Waals surface area contributed by atoms with E-state index in [4.69, 9.17) is 4.74 Å². The molecule has 3 aliphatic rings. The van der Waals surface area contributed by atoms with Gasteiger partial charge in [-0.3, -0.25) is 14.5 Å². The number of likely N-dealkylation sites (tertiary alicyclic amines) is 1. The fraction of sp³-hybridized carbons (Fsp3) is 0.905. The first kappa shape index (κ1) is 22.4. The lowest BCUT2D eigenvalue weighted by atomic mass is 9.85. The highest BCUT2D eigenvalue weighted by atomic mass is 19.4. The Kier molecular flexibility index (Phi) is 5.98. The molecule has 0 N–H and O–H groups in total. The lowest BCUT2D eigenvalue weighted by Crippen LogP contribution is -2.59. The number of hydrogen-bond donors (Lipinski definition) is 0. The molecule has 0 spiro atoms. The molecule has 0 aliphatic carbocycles. The first-order valence-corrected chi connectivity index (χ1v) is 10.6. The van der Waals surface area contributed by atoms with Crippen LogP contribution in [0.2, 0.25) is 0 Å². The van der Waals surface area contributed by atoms with Gasteiger partial charge in [-0.25, -0.2) is 0 Å². The summed E-state index contributed by atoms with van der Waals surface area (Å²) in [6.07, 6.45) is -3.98. The van der Waals surface area contributed by atoms with Crippen molar-refractivity contribution in [3.63, 3.8) is 0 Å². The number of amides is 1. The molecule has 3 heterocycles. The molecule has 3 bridgehead atoms. The van der Waals surface area contributed by atoms with Crippen molar-refractivity contribution in [2.75, 3.05) is 13.1 Å².